The summed E-state index contributed by atoms with van der Waals surface area (Å²) in [5, 5.41) is 10.5. The molecule has 1 atom stereocenters. The molecule has 1 aliphatic heterocycles. The standard InChI is InChI=1S/C18H18N2O3/c1-2-6-14-11-15(9-8-13(14)5-1)22-12-17-19-20-18(23-17)16-7-3-4-10-21-16/h1-2,5-6,8-9,11,16H,3-4,7,10,12H2/t16-/m1/s1. The molecule has 5 heteroatoms. The molecule has 0 amide bonds. The van der Waals surface area contributed by atoms with Crippen molar-refractivity contribution in [2.24, 2.45) is 0 Å². The number of benzene rings is 2. The molecule has 0 saturated carbocycles. The predicted molar refractivity (Wildman–Crippen MR) is 85.1 cm³/mol. The van der Waals surface area contributed by atoms with Crippen molar-refractivity contribution in [2.45, 2.75) is 32.0 Å². The zero-order chi connectivity index (χ0) is 15.5. The maximum atomic E-state index is 5.76. The van der Waals surface area contributed by atoms with Gasteiger partial charge in [0.1, 0.15) is 11.9 Å². The molecule has 2 aromatic carbocycles. The second kappa shape index (κ2) is 6.38. The van der Waals surface area contributed by atoms with Gasteiger partial charge in [-0.15, -0.1) is 10.2 Å². The Kier molecular flexibility index (Phi) is 3.94. The zero-order valence-electron chi connectivity index (χ0n) is 12.8. The maximum Gasteiger partial charge on any atom is 0.254 e. The van der Waals surface area contributed by atoms with E-state index in [1.807, 2.05) is 30.3 Å². The Morgan fingerprint density at radius 3 is 2.83 bits per heavy atom. The van der Waals surface area contributed by atoms with Crippen molar-refractivity contribution in [3.63, 3.8) is 0 Å². The molecule has 118 valence electrons. The van der Waals surface area contributed by atoms with E-state index in [4.69, 9.17) is 13.9 Å². The van der Waals surface area contributed by atoms with Gasteiger partial charge in [0, 0.05) is 6.61 Å². The van der Waals surface area contributed by atoms with E-state index in [0.717, 1.165) is 37.0 Å². The first-order valence-electron chi connectivity index (χ1n) is 7.94. The largest absolute Gasteiger partial charge is 0.484 e. The Morgan fingerprint density at radius 2 is 1.96 bits per heavy atom. The average molecular weight is 310 g/mol. The highest BCUT2D eigenvalue weighted by molar-refractivity contribution is 5.83. The first kappa shape index (κ1) is 14.2. The Balaban J connectivity index is 1.42. The van der Waals surface area contributed by atoms with Gasteiger partial charge >= 0.3 is 0 Å². The minimum absolute atomic E-state index is 0.0642. The van der Waals surface area contributed by atoms with Crippen LogP contribution in [0.4, 0.5) is 0 Å². The normalized spacial score (nSPS) is 18.2. The molecule has 0 bridgehead atoms. The number of hydrogen-bond acceptors (Lipinski definition) is 5. The van der Waals surface area contributed by atoms with Gasteiger partial charge in [0.15, 0.2) is 6.61 Å². The summed E-state index contributed by atoms with van der Waals surface area (Å²) >= 11 is 0. The molecule has 5 nitrogen and oxygen atoms in total. The van der Waals surface area contributed by atoms with Gasteiger partial charge in [-0.3, -0.25) is 0 Å². The molecule has 23 heavy (non-hydrogen) atoms. The lowest BCUT2D eigenvalue weighted by molar-refractivity contribution is -0.00258. The summed E-state index contributed by atoms with van der Waals surface area (Å²) < 4.78 is 17.1. The summed E-state index contributed by atoms with van der Waals surface area (Å²) in [6.07, 6.45) is 3.11. The fourth-order valence-electron chi connectivity index (χ4n) is 2.79. The fraction of sp³-hybridized carbons (Fsp3) is 0.333. The van der Waals surface area contributed by atoms with Gasteiger partial charge in [-0.05, 0) is 42.2 Å². The Labute approximate surface area is 134 Å². The molecule has 1 aromatic heterocycles. The van der Waals surface area contributed by atoms with Crippen molar-refractivity contribution >= 4 is 10.8 Å². The zero-order valence-corrected chi connectivity index (χ0v) is 12.8. The van der Waals surface area contributed by atoms with Gasteiger partial charge in [0.25, 0.3) is 5.89 Å². The fourth-order valence-corrected chi connectivity index (χ4v) is 2.79. The molecule has 1 fully saturated rings. The molecular weight excluding hydrogens is 292 g/mol. The molecular formula is C18H18N2O3. The number of hydrogen-bond donors (Lipinski definition) is 0. The van der Waals surface area contributed by atoms with Crippen molar-refractivity contribution in [3.8, 4) is 5.75 Å². The highest BCUT2D eigenvalue weighted by atomic mass is 16.5. The van der Waals surface area contributed by atoms with Crippen molar-refractivity contribution in [3.05, 3.63) is 54.2 Å². The molecule has 0 aliphatic carbocycles. The second-order valence-electron chi connectivity index (χ2n) is 5.69. The van der Waals surface area contributed by atoms with Gasteiger partial charge < -0.3 is 13.9 Å². The minimum atomic E-state index is -0.0642. The third kappa shape index (κ3) is 3.19. The molecule has 2 heterocycles. The van der Waals surface area contributed by atoms with Crippen LogP contribution in [0.1, 0.15) is 37.1 Å². The summed E-state index contributed by atoms with van der Waals surface area (Å²) in [6.45, 7) is 1.02. The third-order valence-corrected chi connectivity index (χ3v) is 4.02. The van der Waals surface area contributed by atoms with Crippen LogP contribution in [0.15, 0.2) is 46.9 Å². The SMILES string of the molecule is c1ccc2cc(OCc3nnc([C@H]4CCCCO4)o3)ccc2c1. The van der Waals surface area contributed by atoms with Crippen molar-refractivity contribution in [1.82, 2.24) is 10.2 Å². The van der Waals surface area contributed by atoms with E-state index in [-0.39, 0.29) is 12.7 Å². The van der Waals surface area contributed by atoms with Gasteiger partial charge in [-0.1, -0.05) is 30.3 Å². The highest BCUT2D eigenvalue weighted by Gasteiger charge is 2.22. The summed E-state index contributed by atoms with van der Waals surface area (Å²) in [7, 11) is 0. The van der Waals surface area contributed by atoms with Crippen LogP contribution in [0.5, 0.6) is 5.75 Å². The average Bonchev–Trinajstić information content (AvgIpc) is 3.10. The smallest absolute Gasteiger partial charge is 0.254 e. The van der Waals surface area contributed by atoms with Crippen molar-refractivity contribution < 1.29 is 13.9 Å². The van der Waals surface area contributed by atoms with Crippen LogP contribution >= 0.6 is 0 Å². The van der Waals surface area contributed by atoms with Crippen LogP contribution in [-0.2, 0) is 11.3 Å². The van der Waals surface area contributed by atoms with E-state index in [1.165, 1.54) is 5.39 Å². The Bertz CT molecular complexity index is 794. The molecule has 0 unspecified atom stereocenters. The molecule has 1 aliphatic rings. The lowest BCUT2D eigenvalue weighted by Crippen LogP contribution is -2.11. The quantitative estimate of drug-likeness (QED) is 0.728. The second-order valence-corrected chi connectivity index (χ2v) is 5.69. The van der Waals surface area contributed by atoms with E-state index < -0.39 is 0 Å². The Morgan fingerprint density at radius 1 is 1.04 bits per heavy atom. The molecule has 0 N–H and O–H groups in total. The van der Waals surface area contributed by atoms with Gasteiger partial charge in [0.05, 0.1) is 0 Å². The van der Waals surface area contributed by atoms with Gasteiger partial charge in [-0.25, -0.2) is 0 Å². The van der Waals surface area contributed by atoms with Gasteiger partial charge in [0.2, 0.25) is 5.89 Å². The number of nitrogens with zero attached hydrogens (tertiary/aromatic N) is 2. The van der Waals surface area contributed by atoms with Crippen LogP contribution in [0.3, 0.4) is 0 Å². The van der Waals surface area contributed by atoms with Gasteiger partial charge in [-0.2, -0.15) is 0 Å². The Hall–Kier alpha value is -2.40. The van der Waals surface area contributed by atoms with E-state index in [2.05, 4.69) is 22.3 Å². The lowest BCUT2D eigenvalue weighted by Gasteiger charge is -2.18. The first-order chi connectivity index (χ1) is 11.4. The summed E-state index contributed by atoms with van der Waals surface area (Å²) in [5.74, 6) is 1.82. The first-order valence-corrected chi connectivity index (χ1v) is 7.94. The van der Waals surface area contributed by atoms with E-state index in [0.29, 0.717) is 11.8 Å². The lowest BCUT2D eigenvalue weighted by atomic mass is 10.1. The van der Waals surface area contributed by atoms with E-state index >= 15 is 0 Å². The van der Waals surface area contributed by atoms with Crippen molar-refractivity contribution in [2.75, 3.05) is 6.61 Å². The van der Waals surface area contributed by atoms with Crippen LogP contribution in [0, 0.1) is 0 Å². The third-order valence-electron chi connectivity index (χ3n) is 4.02. The van der Waals surface area contributed by atoms with Crippen LogP contribution in [0.2, 0.25) is 0 Å². The number of fused-ring (bicyclic) bond motifs is 1. The maximum absolute atomic E-state index is 5.76. The number of rotatable bonds is 4. The van der Waals surface area contributed by atoms with Crippen LogP contribution in [0.25, 0.3) is 10.8 Å². The number of ether oxygens (including phenoxy) is 2. The molecule has 0 spiro atoms. The molecule has 4 rings (SSSR count). The summed E-state index contributed by atoms with van der Waals surface area (Å²) in [6, 6.07) is 14.2. The molecule has 1 saturated heterocycles. The van der Waals surface area contributed by atoms with Crippen molar-refractivity contribution in [1.29, 1.82) is 0 Å². The van der Waals surface area contributed by atoms with Crippen LogP contribution in [-0.4, -0.2) is 16.8 Å². The van der Waals surface area contributed by atoms with Crippen LogP contribution < -0.4 is 4.74 Å². The minimum Gasteiger partial charge on any atom is -0.484 e. The summed E-state index contributed by atoms with van der Waals surface area (Å²) in [5.41, 5.74) is 0. The topological polar surface area (TPSA) is 57.4 Å². The molecule has 3 aromatic rings. The predicted octanol–water partition coefficient (Wildman–Crippen LogP) is 4.04. The highest BCUT2D eigenvalue weighted by Crippen LogP contribution is 2.27. The monoisotopic (exact) mass is 310 g/mol. The van der Waals surface area contributed by atoms with E-state index in [9.17, 15) is 0 Å². The summed E-state index contributed by atoms with van der Waals surface area (Å²) in [4.78, 5) is 0. The van der Waals surface area contributed by atoms with E-state index in [1.54, 1.807) is 0 Å². The molecule has 0 radical (unpaired) electrons. The number of aromatic nitrogens is 2.